The molecule has 0 aliphatic carbocycles. The van der Waals surface area contributed by atoms with Gasteiger partial charge in [0.2, 0.25) is 5.91 Å². The molecule has 0 aliphatic rings. The molecule has 5 nitrogen and oxygen atoms in total. The van der Waals surface area contributed by atoms with Crippen LogP contribution < -0.4 is 15.4 Å². The van der Waals surface area contributed by atoms with Crippen LogP contribution in [-0.4, -0.2) is 31.2 Å². The lowest BCUT2D eigenvalue weighted by molar-refractivity contribution is -0.115. The number of benzene rings is 2. The summed E-state index contributed by atoms with van der Waals surface area (Å²) in [5, 5.41) is 5.40. The average Bonchev–Trinajstić information content (AvgIpc) is 2.67. The van der Waals surface area contributed by atoms with E-state index in [9.17, 15) is 9.59 Å². The Labute approximate surface area is 158 Å². The second-order valence-electron chi connectivity index (χ2n) is 5.69. The lowest BCUT2D eigenvalue weighted by Crippen LogP contribution is -2.32. The maximum absolute atomic E-state index is 12.1. The number of rotatable bonds is 9. The standard InChI is InChI=1S/C20H24N2O3S/c1-3-4-12-25-17-10-8-15(9-11-17)20(24)21-14-19(23)22-16-6-5-7-18(13-16)26-2/h5-11,13H,3-4,12,14H2,1-2H3,(H,21,24)(H,22,23). The Kier molecular flexibility index (Phi) is 8.02. The minimum absolute atomic E-state index is 0.0862. The molecule has 2 amide bonds. The first-order valence-electron chi connectivity index (χ1n) is 8.57. The smallest absolute Gasteiger partial charge is 0.251 e. The van der Waals surface area contributed by atoms with E-state index in [0.29, 0.717) is 17.9 Å². The fraction of sp³-hybridized carbons (Fsp3) is 0.300. The zero-order valence-electron chi connectivity index (χ0n) is 15.1. The van der Waals surface area contributed by atoms with Crippen LogP contribution in [0, 0.1) is 0 Å². The van der Waals surface area contributed by atoms with Gasteiger partial charge in [-0.2, -0.15) is 0 Å². The van der Waals surface area contributed by atoms with Gasteiger partial charge < -0.3 is 15.4 Å². The highest BCUT2D eigenvalue weighted by atomic mass is 32.2. The molecule has 0 saturated heterocycles. The molecule has 0 bridgehead atoms. The van der Waals surface area contributed by atoms with Crippen molar-refractivity contribution in [3.05, 3.63) is 54.1 Å². The molecule has 26 heavy (non-hydrogen) atoms. The van der Waals surface area contributed by atoms with Crippen molar-refractivity contribution in [1.82, 2.24) is 5.32 Å². The number of hydrogen-bond donors (Lipinski definition) is 2. The van der Waals surface area contributed by atoms with E-state index in [0.717, 1.165) is 23.5 Å². The summed E-state index contributed by atoms with van der Waals surface area (Å²) in [7, 11) is 0. The SMILES string of the molecule is CCCCOc1ccc(C(=O)NCC(=O)Nc2cccc(SC)c2)cc1. The van der Waals surface area contributed by atoms with Gasteiger partial charge in [-0.15, -0.1) is 11.8 Å². The first-order chi connectivity index (χ1) is 12.6. The largest absolute Gasteiger partial charge is 0.494 e. The summed E-state index contributed by atoms with van der Waals surface area (Å²) in [6, 6.07) is 14.5. The Bertz CT molecular complexity index is 732. The Morgan fingerprint density at radius 2 is 1.88 bits per heavy atom. The maximum atomic E-state index is 12.1. The third-order valence-corrected chi connectivity index (χ3v) is 4.37. The first-order valence-corrected chi connectivity index (χ1v) is 9.80. The van der Waals surface area contributed by atoms with Crippen LogP contribution in [0.3, 0.4) is 0 Å². The van der Waals surface area contributed by atoms with E-state index >= 15 is 0 Å². The van der Waals surface area contributed by atoms with Crippen molar-refractivity contribution < 1.29 is 14.3 Å². The van der Waals surface area contributed by atoms with Crippen LogP contribution in [-0.2, 0) is 4.79 Å². The van der Waals surface area contributed by atoms with Crippen molar-refractivity contribution in [3.63, 3.8) is 0 Å². The van der Waals surface area contributed by atoms with Crippen molar-refractivity contribution in [2.75, 3.05) is 24.7 Å². The van der Waals surface area contributed by atoms with Crippen LogP contribution in [0.1, 0.15) is 30.1 Å². The summed E-state index contributed by atoms with van der Waals surface area (Å²) in [6.07, 6.45) is 4.04. The number of carbonyl (C=O) groups excluding carboxylic acids is 2. The van der Waals surface area contributed by atoms with E-state index in [2.05, 4.69) is 17.6 Å². The summed E-state index contributed by atoms with van der Waals surface area (Å²) in [4.78, 5) is 25.2. The van der Waals surface area contributed by atoms with Crippen LogP contribution in [0.4, 0.5) is 5.69 Å². The van der Waals surface area contributed by atoms with Gasteiger partial charge in [0.05, 0.1) is 13.2 Å². The fourth-order valence-corrected chi connectivity index (χ4v) is 2.66. The van der Waals surface area contributed by atoms with Gasteiger partial charge in [0.15, 0.2) is 0 Å². The van der Waals surface area contributed by atoms with Crippen molar-refractivity contribution in [1.29, 1.82) is 0 Å². The third-order valence-electron chi connectivity index (χ3n) is 3.65. The molecule has 2 aromatic rings. The Balaban J connectivity index is 1.80. The van der Waals surface area contributed by atoms with E-state index in [1.54, 1.807) is 36.0 Å². The lowest BCUT2D eigenvalue weighted by atomic mass is 10.2. The summed E-state index contributed by atoms with van der Waals surface area (Å²) >= 11 is 1.60. The van der Waals surface area contributed by atoms with Gasteiger partial charge in [-0.25, -0.2) is 0 Å². The molecule has 0 spiro atoms. The van der Waals surface area contributed by atoms with Crippen molar-refractivity contribution >= 4 is 29.3 Å². The summed E-state index contributed by atoms with van der Waals surface area (Å²) in [5.74, 6) is 0.177. The molecule has 2 rings (SSSR count). The first kappa shape index (κ1) is 19.8. The van der Waals surface area contributed by atoms with Gasteiger partial charge in [0, 0.05) is 16.1 Å². The van der Waals surface area contributed by atoms with Gasteiger partial charge in [-0.1, -0.05) is 19.4 Å². The van der Waals surface area contributed by atoms with Gasteiger partial charge in [0.25, 0.3) is 5.91 Å². The van der Waals surface area contributed by atoms with Crippen LogP contribution >= 0.6 is 11.8 Å². The molecule has 6 heteroatoms. The van der Waals surface area contributed by atoms with Gasteiger partial charge in [-0.05, 0) is 55.1 Å². The van der Waals surface area contributed by atoms with E-state index in [-0.39, 0.29) is 18.4 Å². The van der Waals surface area contributed by atoms with Crippen molar-refractivity contribution in [3.8, 4) is 5.75 Å². The zero-order valence-corrected chi connectivity index (χ0v) is 15.9. The van der Waals surface area contributed by atoms with Crippen LogP contribution in [0.2, 0.25) is 0 Å². The maximum Gasteiger partial charge on any atom is 0.251 e. The molecular formula is C20H24N2O3S. The van der Waals surface area contributed by atoms with E-state index in [4.69, 9.17) is 4.74 Å². The molecule has 0 saturated carbocycles. The van der Waals surface area contributed by atoms with Crippen LogP contribution in [0.15, 0.2) is 53.4 Å². The number of thioether (sulfide) groups is 1. The number of ether oxygens (including phenoxy) is 1. The minimum atomic E-state index is -0.293. The van der Waals surface area contributed by atoms with Gasteiger partial charge in [-0.3, -0.25) is 9.59 Å². The number of hydrogen-bond acceptors (Lipinski definition) is 4. The van der Waals surface area contributed by atoms with Crippen molar-refractivity contribution in [2.45, 2.75) is 24.7 Å². The Morgan fingerprint density at radius 1 is 1.12 bits per heavy atom. The number of nitrogens with one attached hydrogen (secondary N) is 2. The Morgan fingerprint density at radius 3 is 2.58 bits per heavy atom. The average molecular weight is 372 g/mol. The highest BCUT2D eigenvalue weighted by Gasteiger charge is 2.09. The summed E-state index contributed by atoms with van der Waals surface area (Å²) in [5.41, 5.74) is 1.20. The number of amides is 2. The highest BCUT2D eigenvalue weighted by molar-refractivity contribution is 7.98. The van der Waals surface area contributed by atoms with Crippen LogP contribution in [0.25, 0.3) is 0 Å². The molecule has 0 fully saturated rings. The Hall–Kier alpha value is -2.47. The topological polar surface area (TPSA) is 67.4 Å². The molecule has 0 unspecified atom stereocenters. The number of unbranched alkanes of at least 4 members (excludes halogenated alkanes) is 1. The monoisotopic (exact) mass is 372 g/mol. The summed E-state index contributed by atoms with van der Waals surface area (Å²) in [6.45, 7) is 2.68. The van der Waals surface area contributed by atoms with Gasteiger partial charge in [0.1, 0.15) is 5.75 Å². The second-order valence-corrected chi connectivity index (χ2v) is 6.57. The molecule has 0 atom stereocenters. The van der Waals surface area contributed by atoms with Crippen molar-refractivity contribution in [2.24, 2.45) is 0 Å². The second kappa shape index (κ2) is 10.5. The van der Waals surface area contributed by atoms with Crippen LogP contribution in [0.5, 0.6) is 5.75 Å². The fourth-order valence-electron chi connectivity index (χ4n) is 2.21. The molecule has 0 aromatic heterocycles. The third kappa shape index (κ3) is 6.44. The predicted molar refractivity (Wildman–Crippen MR) is 106 cm³/mol. The van der Waals surface area contributed by atoms with Gasteiger partial charge >= 0.3 is 0 Å². The molecular weight excluding hydrogens is 348 g/mol. The summed E-state index contributed by atoms with van der Waals surface area (Å²) < 4.78 is 5.57. The molecule has 2 N–H and O–H groups in total. The lowest BCUT2D eigenvalue weighted by Gasteiger charge is -2.09. The molecule has 0 heterocycles. The van der Waals surface area contributed by atoms with E-state index < -0.39 is 0 Å². The predicted octanol–water partition coefficient (Wildman–Crippen LogP) is 3.96. The molecule has 138 valence electrons. The highest BCUT2D eigenvalue weighted by Crippen LogP contribution is 2.18. The quantitative estimate of drug-likeness (QED) is 0.516. The van der Waals surface area contributed by atoms with E-state index in [1.807, 2.05) is 30.5 Å². The normalized spacial score (nSPS) is 10.2. The molecule has 0 aliphatic heterocycles. The van der Waals surface area contributed by atoms with E-state index in [1.165, 1.54) is 0 Å². The molecule has 2 aromatic carbocycles. The number of anilines is 1. The molecule has 0 radical (unpaired) electrons. The zero-order chi connectivity index (χ0) is 18.8. The minimum Gasteiger partial charge on any atom is -0.494 e. The number of carbonyl (C=O) groups is 2.